The third-order valence-corrected chi connectivity index (χ3v) is 8.24. The molecule has 198 valence electrons. The Bertz CT molecular complexity index is 1360. The lowest BCUT2D eigenvalue weighted by Gasteiger charge is -2.31. The van der Waals surface area contributed by atoms with Crippen molar-refractivity contribution in [1.29, 1.82) is 0 Å². The van der Waals surface area contributed by atoms with Crippen LogP contribution in [0.1, 0.15) is 32.8 Å². The van der Waals surface area contributed by atoms with Crippen molar-refractivity contribution in [3.8, 4) is 5.75 Å². The first-order valence-corrected chi connectivity index (χ1v) is 13.7. The summed E-state index contributed by atoms with van der Waals surface area (Å²) in [6.07, 6.45) is 0.745. The van der Waals surface area contributed by atoms with Crippen molar-refractivity contribution in [2.45, 2.75) is 50.7 Å². The Balaban J connectivity index is 1.86. The second-order valence-corrected chi connectivity index (χ2v) is 11.2. The summed E-state index contributed by atoms with van der Waals surface area (Å²) in [5.74, 6) is -0.162. The molecule has 1 N–H and O–H groups in total. The first kappa shape index (κ1) is 28.1. The van der Waals surface area contributed by atoms with Crippen LogP contribution in [0.4, 0.5) is 0 Å². The summed E-state index contributed by atoms with van der Waals surface area (Å²) >= 11 is 0. The van der Waals surface area contributed by atoms with E-state index in [0.29, 0.717) is 5.75 Å². The van der Waals surface area contributed by atoms with Gasteiger partial charge in [0, 0.05) is 19.6 Å². The summed E-state index contributed by atoms with van der Waals surface area (Å²) in [5, 5.41) is 4.62. The fourth-order valence-electron chi connectivity index (χ4n) is 3.89. The highest BCUT2D eigenvalue weighted by Gasteiger charge is 2.30. The van der Waals surface area contributed by atoms with E-state index < -0.39 is 28.5 Å². The summed E-state index contributed by atoms with van der Waals surface area (Å²) in [5.41, 5.74) is 0.760. The van der Waals surface area contributed by atoms with Gasteiger partial charge >= 0.3 is 0 Å². The lowest BCUT2D eigenvalue weighted by molar-refractivity contribution is -0.140. The SMILES string of the molecule is CCC(C)NC(=O)C(C)N(Cc1cccc(OC)c1)C(=O)CN(C)S(=O)(=O)c1ccc2ccccc2c1. The van der Waals surface area contributed by atoms with E-state index in [4.69, 9.17) is 4.74 Å². The summed E-state index contributed by atoms with van der Waals surface area (Å²) in [6, 6.07) is 18.7. The number of fused-ring (bicyclic) bond motifs is 1. The van der Waals surface area contributed by atoms with Gasteiger partial charge in [-0.15, -0.1) is 0 Å². The highest BCUT2D eigenvalue weighted by atomic mass is 32.2. The highest BCUT2D eigenvalue weighted by molar-refractivity contribution is 7.89. The van der Waals surface area contributed by atoms with Crippen molar-refractivity contribution < 1.29 is 22.7 Å². The largest absolute Gasteiger partial charge is 0.497 e. The smallest absolute Gasteiger partial charge is 0.243 e. The van der Waals surface area contributed by atoms with Crippen LogP contribution in [0.3, 0.4) is 0 Å². The van der Waals surface area contributed by atoms with E-state index in [-0.39, 0.29) is 23.4 Å². The number of nitrogens with one attached hydrogen (secondary N) is 1. The maximum absolute atomic E-state index is 13.5. The monoisotopic (exact) mass is 525 g/mol. The Morgan fingerprint density at radius 2 is 1.68 bits per heavy atom. The summed E-state index contributed by atoms with van der Waals surface area (Å²) < 4.78 is 33.0. The maximum atomic E-state index is 13.5. The second kappa shape index (κ2) is 12.2. The Labute approximate surface area is 219 Å². The van der Waals surface area contributed by atoms with E-state index in [0.717, 1.165) is 27.1 Å². The molecule has 9 heteroatoms. The molecule has 0 bridgehead atoms. The molecule has 37 heavy (non-hydrogen) atoms. The minimum absolute atomic E-state index is 0.0559. The highest BCUT2D eigenvalue weighted by Crippen LogP contribution is 2.22. The van der Waals surface area contributed by atoms with Gasteiger partial charge in [-0.2, -0.15) is 4.31 Å². The zero-order chi connectivity index (χ0) is 27.2. The standard InChI is InChI=1S/C28H35N3O5S/c1-6-20(2)29-28(33)21(3)31(18-22-10-9-13-25(16-22)36-5)27(32)19-30(4)37(34,35)26-15-14-23-11-7-8-12-24(23)17-26/h7-17,20-21H,6,18-19H2,1-5H3,(H,29,33). The molecule has 3 aromatic rings. The lowest BCUT2D eigenvalue weighted by atomic mass is 10.1. The molecule has 0 heterocycles. The van der Waals surface area contributed by atoms with Crippen molar-refractivity contribution in [3.63, 3.8) is 0 Å². The summed E-state index contributed by atoms with van der Waals surface area (Å²) in [7, 11) is -1.02. The van der Waals surface area contributed by atoms with Crippen LogP contribution in [0.5, 0.6) is 5.75 Å². The lowest BCUT2D eigenvalue weighted by Crippen LogP contribution is -2.51. The van der Waals surface area contributed by atoms with Crippen LogP contribution < -0.4 is 10.1 Å². The first-order valence-electron chi connectivity index (χ1n) is 12.2. The first-order chi connectivity index (χ1) is 17.6. The fraction of sp³-hybridized carbons (Fsp3) is 0.357. The minimum atomic E-state index is -3.95. The topological polar surface area (TPSA) is 96.0 Å². The Kier molecular flexibility index (Phi) is 9.29. The van der Waals surface area contributed by atoms with Gasteiger partial charge in [-0.1, -0.05) is 49.4 Å². The number of methoxy groups -OCH3 is 1. The molecule has 8 nitrogen and oxygen atoms in total. The zero-order valence-electron chi connectivity index (χ0n) is 22.0. The van der Waals surface area contributed by atoms with Crippen LogP contribution in [0.25, 0.3) is 10.8 Å². The number of benzene rings is 3. The Hall–Kier alpha value is -3.43. The van der Waals surface area contributed by atoms with E-state index in [1.54, 1.807) is 44.4 Å². The number of rotatable bonds is 11. The van der Waals surface area contributed by atoms with Crippen molar-refractivity contribution in [1.82, 2.24) is 14.5 Å². The molecular weight excluding hydrogens is 490 g/mol. The molecule has 0 saturated carbocycles. The molecule has 3 aromatic carbocycles. The van der Waals surface area contributed by atoms with E-state index >= 15 is 0 Å². The van der Waals surface area contributed by atoms with Crippen molar-refractivity contribution in [2.75, 3.05) is 20.7 Å². The number of amides is 2. The molecule has 0 spiro atoms. The van der Waals surface area contributed by atoms with Crippen LogP contribution in [-0.2, 0) is 26.2 Å². The summed E-state index contributed by atoms with van der Waals surface area (Å²) in [6.45, 7) is 5.20. The zero-order valence-corrected chi connectivity index (χ0v) is 22.8. The van der Waals surface area contributed by atoms with Crippen molar-refractivity contribution in [2.24, 2.45) is 0 Å². The predicted molar refractivity (Wildman–Crippen MR) is 145 cm³/mol. The number of carbonyl (C=O) groups excluding carboxylic acids is 2. The second-order valence-electron chi connectivity index (χ2n) is 9.14. The van der Waals surface area contributed by atoms with Crippen LogP contribution >= 0.6 is 0 Å². The number of hydrogen-bond donors (Lipinski definition) is 1. The van der Waals surface area contributed by atoms with Crippen LogP contribution in [-0.4, -0.2) is 62.2 Å². The van der Waals surface area contributed by atoms with Crippen LogP contribution in [0.2, 0.25) is 0 Å². The molecule has 0 saturated heterocycles. The quantitative estimate of drug-likeness (QED) is 0.411. The molecule has 0 aliphatic rings. The van der Waals surface area contributed by atoms with E-state index in [2.05, 4.69) is 5.32 Å². The van der Waals surface area contributed by atoms with Gasteiger partial charge in [-0.05, 0) is 60.9 Å². The number of sulfonamides is 1. The van der Waals surface area contributed by atoms with Gasteiger partial charge < -0.3 is 15.0 Å². The molecule has 0 radical (unpaired) electrons. The average molecular weight is 526 g/mol. The van der Waals surface area contributed by atoms with Gasteiger partial charge in [0.15, 0.2) is 0 Å². The molecule has 2 unspecified atom stereocenters. The van der Waals surface area contributed by atoms with Gasteiger partial charge in [0.25, 0.3) is 0 Å². The minimum Gasteiger partial charge on any atom is -0.497 e. The molecule has 0 aliphatic heterocycles. The number of hydrogen-bond acceptors (Lipinski definition) is 5. The van der Waals surface area contributed by atoms with Gasteiger partial charge in [-0.3, -0.25) is 9.59 Å². The molecule has 3 rings (SSSR count). The number of carbonyl (C=O) groups is 2. The molecule has 2 atom stereocenters. The average Bonchev–Trinajstić information content (AvgIpc) is 2.90. The normalized spacial score (nSPS) is 13.2. The summed E-state index contributed by atoms with van der Waals surface area (Å²) in [4.78, 5) is 28.0. The van der Waals surface area contributed by atoms with Crippen molar-refractivity contribution >= 4 is 32.6 Å². The number of likely N-dealkylation sites (N-methyl/N-ethyl adjacent to an activating group) is 1. The molecule has 0 fully saturated rings. The van der Waals surface area contributed by atoms with Gasteiger partial charge in [-0.25, -0.2) is 8.42 Å². The third kappa shape index (κ3) is 6.87. The van der Waals surface area contributed by atoms with Gasteiger partial charge in [0.1, 0.15) is 11.8 Å². The fourth-order valence-corrected chi connectivity index (χ4v) is 5.05. The third-order valence-electron chi connectivity index (χ3n) is 6.44. The Morgan fingerprint density at radius 1 is 0.973 bits per heavy atom. The van der Waals surface area contributed by atoms with E-state index in [9.17, 15) is 18.0 Å². The van der Waals surface area contributed by atoms with Crippen LogP contribution in [0.15, 0.2) is 71.6 Å². The van der Waals surface area contributed by atoms with Crippen LogP contribution in [0, 0.1) is 0 Å². The number of nitrogens with zero attached hydrogens (tertiary/aromatic N) is 2. The van der Waals surface area contributed by atoms with Gasteiger partial charge in [0.2, 0.25) is 21.8 Å². The number of ether oxygens (including phenoxy) is 1. The van der Waals surface area contributed by atoms with Crippen molar-refractivity contribution in [3.05, 3.63) is 72.3 Å². The predicted octanol–water partition coefficient (Wildman–Crippen LogP) is 3.80. The molecular formula is C28H35N3O5S. The Morgan fingerprint density at radius 3 is 2.35 bits per heavy atom. The molecule has 2 amide bonds. The van der Waals surface area contributed by atoms with E-state index in [1.165, 1.54) is 18.0 Å². The van der Waals surface area contributed by atoms with E-state index in [1.807, 2.05) is 44.2 Å². The maximum Gasteiger partial charge on any atom is 0.243 e. The van der Waals surface area contributed by atoms with Gasteiger partial charge in [0.05, 0.1) is 18.6 Å². The molecule has 0 aromatic heterocycles. The molecule has 0 aliphatic carbocycles.